The van der Waals surface area contributed by atoms with E-state index in [1.165, 1.54) is 14.0 Å². The number of oxazole rings is 1. The largest absolute Gasteiger partial charge is 0.453 e. The van der Waals surface area contributed by atoms with Crippen molar-refractivity contribution in [3.8, 4) is 11.5 Å². The second-order valence-corrected chi connectivity index (χ2v) is 15.6. The van der Waals surface area contributed by atoms with Crippen molar-refractivity contribution in [2.24, 2.45) is 11.8 Å². The van der Waals surface area contributed by atoms with Crippen LogP contribution in [0.5, 0.6) is 0 Å². The zero-order valence-corrected chi connectivity index (χ0v) is 32.4. The van der Waals surface area contributed by atoms with E-state index in [1.54, 1.807) is 0 Å². The molecule has 2 aliphatic rings. The molecule has 0 radical (unpaired) electrons. The fraction of sp³-hybridized carbons (Fsp3) is 0.439. The molecule has 5 heterocycles. The summed E-state index contributed by atoms with van der Waals surface area (Å²) >= 11 is 0. The molecule has 0 aliphatic carbocycles. The number of alkyl carbamates (subject to hydrolysis) is 1. The summed E-state index contributed by atoms with van der Waals surface area (Å²) in [6, 6.07) is 12.0. The molecule has 6 aromatic rings. The van der Waals surface area contributed by atoms with Gasteiger partial charge in [-0.1, -0.05) is 39.8 Å². The lowest BCUT2D eigenvalue weighted by Crippen LogP contribution is -2.51. The lowest BCUT2D eigenvalue weighted by atomic mass is 10.0. The summed E-state index contributed by atoms with van der Waals surface area (Å²) in [5.74, 6) is 1.18. The summed E-state index contributed by atoms with van der Waals surface area (Å²) in [5.41, 5.74) is 5.16. The highest BCUT2D eigenvalue weighted by Crippen LogP contribution is 2.38. The van der Waals surface area contributed by atoms with E-state index in [1.807, 2.05) is 80.0 Å². The fourth-order valence-electron chi connectivity index (χ4n) is 8.30. The quantitative estimate of drug-likeness (QED) is 0.132. The van der Waals surface area contributed by atoms with E-state index in [-0.39, 0.29) is 41.6 Å². The topological polar surface area (TPSA) is 191 Å². The molecular weight excluding hydrogens is 715 g/mol. The van der Waals surface area contributed by atoms with Crippen molar-refractivity contribution in [3.05, 3.63) is 54.1 Å². The molecule has 4 amide bonds. The summed E-state index contributed by atoms with van der Waals surface area (Å²) in [6.07, 6.45) is 2.54. The van der Waals surface area contributed by atoms with Gasteiger partial charge in [-0.15, -0.1) is 0 Å². The molecule has 4 atom stereocenters. The van der Waals surface area contributed by atoms with Gasteiger partial charge in [-0.25, -0.2) is 19.7 Å². The Hall–Kier alpha value is -5.99. The number of carbonyl (C=O) groups is 4. The minimum absolute atomic E-state index is 0.0596. The molecule has 2 aliphatic heterocycles. The molecule has 2 saturated heterocycles. The fourth-order valence-corrected chi connectivity index (χ4v) is 8.30. The number of methoxy groups -OCH3 is 1. The first-order valence-corrected chi connectivity index (χ1v) is 19.4. The number of imidazole rings is 2. The van der Waals surface area contributed by atoms with Crippen LogP contribution in [-0.4, -0.2) is 90.8 Å². The van der Waals surface area contributed by atoms with Crippen LogP contribution in [0.3, 0.4) is 0 Å². The lowest BCUT2D eigenvalue weighted by molar-refractivity contribution is -0.138. The summed E-state index contributed by atoms with van der Waals surface area (Å²) in [6.45, 7) is 10.3. The predicted molar refractivity (Wildman–Crippen MR) is 210 cm³/mol. The summed E-state index contributed by atoms with van der Waals surface area (Å²) in [7, 11) is 1.29. The van der Waals surface area contributed by atoms with Gasteiger partial charge in [0, 0.05) is 31.0 Å². The molecule has 2 fully saturated rings. The number of nitrogens with one attached hydrogen (secondary N) is 4. The van der Waals surface area contributed by atoms with Crippen LogP contribution in [-0.2, 0) is 19.1 Å². The van der Waals surface area contributed by atoms with E-state index in [9.17, 15) is 19.2 Å². The Morgan fingerprint density at radius 1 is 0.768 bits per heavy atom. The van der Waals surface area contributed by atoms with Crippen LogP contribution in [0.15, 0.2) is 46.9 Å². The van der Waals surface area contributed by atoms with Crippen LogP contribution < -0.4 is 10.6 Å². The molecule has 15 nitrogen and oxygen atoms in total. The van der Waals surface area contributed by atoms with E-state index in [2.05, 4.69) is 20.6 Å². The van der Waals surface area contributed by atoms with Gasteiger partial charge in [-0.2, -0.15) is 0 Å². The van der Waals surface area contributed by atoms with Gasteiger partial charge in [0.1, 0.15) is 34.8 Å². The van der Waals surface area contributed by atoms with E-state index in [0.717, 1.165) is 58.6 Å². The molecule has 0 saturated carbocycles. The number of benzene rings is 3. The van der Waals surface area contributed by atoms with Gasteiger partial charge in [0.15, 0.2) is 5.58 Å². The van der Waals surface area contributed by atoms with Crippen molar-refractivity contribution in [3.63, 3.8) is 0 Å². The average Bonchev–Trinajstić information content (AvgIpc) is 4.02. The Labute approximate surface area is 322 Å². The molecule has 0 spiro atoms. The molecule has 8 rings (SSSR count). The van der Waals surface area contributed by atoms with Gasteiger partial charge < -0.3 is 39.6 Å². The number of nitrogens with zero attached hydrogens (tertiary/aromatic N) is 5. The molecule has 0 bridgehead atoms. The minimum atomic E-state index is -0.710. The number of hydrogen-bond donors (Lipinski definition) is 4. The van der Waals surface area contributed by atoms with Crippen LogP contribution in [0.1, 0.15) is 84.0 Å². The molecule has 4 N–H and O–H groups in total. The highest BCUT2D eigenvalue weighted by atomic mass is 16.5. The number of rotatable bonds is 9. The number of aromatic amines is 2. The maximum atomic E-state index is 13.7. The van der Waals surface area contributed by atoms with Crippen LogP contribution in [0, 0.1) is 11.8 Å². The Morgan fingerprint density at radius 2 is 1.34 bits per heavy atom. The first-order valence-electron chi connectivity index (χ1n) is 19.4. The number of fused-ring (bicyclic) bond motifs is 6. The number of H-pyrrole nitrogens is 2. The van der Waals surface area contributed by atoms with Crippen LogP contribution >= 0.6 is 0 Å². The van der Waals surface area contributed by atoms with E-state index >= 15 is 0 Å². The van der Waals surface area contributed by atoms with E-state index in [0.29, 0.717) is 47.2 Å². The number of amides is 4. The summed E-state index contributed by atoms with van der Waals surface area (Å²) in [4.78, 5) is 76.5. The first kappa shape index (κ1) is 37.0. The Balaban J connectivity index is 1.07. The predicted octanol–water partition coefficient (Wildman–Crippen LogP) is 6.27. The van der Waals surface area contributed by atoms with E-state index < -0.39 is 18.2 Å². The third kappa shape index (κ3) is 6.58. The SMILES string of the molecule is COC(=O)N[C@H](C(=O)N1CCC[C@H]1c1nc2ccc3cc(-c4nc5ccc6nc([C@@H]7CCCN7C(=O)[C@@H](NC(C)=O)C(C)C)[nH]c6c5o4)ccc3c2[nH]1)C(C)C. The first-order chi connectivity index (χ1) is 26.9. The third-order valence-electron chi connectivity index (χ3n) is 11.2. The molecule has 0 unspecified atom stereocenters. The highest BCUT2D eigenvalue weighted by Gasteiger charge is 2.39. The second kappa shape index (κ2) is 14.6. The second-order valence-electron chi connectivity index (χ2n) is 15.6. The average molecular weight is 762 g/mol. The number of likely N-dealkylation sites (tertiary alicyclic amines) is 2. The molecule has 3 aromatic carbocycles. The molecule has 15 heteroatoms. The smallest absolute Gasteiger partial charge is 0.407 e. The number of carbonyl (C=O) groups excluding carboxylic acids is 4. The zero-order chi connectivity index (χ0) is 39.4. The van der Waals surface area contributed by atoms with Gasteiger partial charge in [-0.3, -0.25) is 14.4 Å². The summed E-state index contributed by atoms with van der Waals surface area (Å²) < 4.78 is 11.2. The van der Waals surface area contributed by atoms with Crippen molar-refractivity contribution in [2.45, 2.75) is 84.5 Å². The Bertz CT molecular complexity index is 2500. The van der Waals surface area contributed by atoms with Crippen LogP contribution in [0.2, 0.25) is 0 Å². The maximum Gasteiger partial charge on any atom is 0.407 e. The minimum Gasteiger partial charge on any atom is -0.453 e. The van der Waals surface area contributed by atoms with Gasteiger partial charge in [0.25, 0.3) is 0 Å². The number of aromatic nitrogens is 5. The third-order valence-corrected chi connectivity index (χ3v) is 11.2. The van der Waals surface area contributed by atoms with Crippen molar-refractivity contribution in [1.82, 2.24) is 45.4 Å². The van der Waals surface area contributed by atoms with Crippen LogP contribution in [0.4, 0.5) is 4.79 Å². The normalized spacial score (nSPS) is 18.5. The summed E-state index contributed by atoms with van der Waals surface area (Å²) in [5, 5.41) is 7.47. The van der Waals surface area contributed by atoms with Crippen LogP contribution in [0.25, 0.3) is 55.4 Å². The maximum absolute atomic E-state index is 13.7. The molecule has 292 valence electrons. The molecular formula is C41H47N9O6. The van der Waals surface area contributed by atoms with Gasteiger partial charge in [0.2, 0.25) is 23.6 Å². The van der Waals surface area contributed by atoms with Crippen molar-refractivity contribution >= 4 is 67.8 Å². The van der Waals surface area contributed by atoms with E-state index in [4.69, 9.17) is 24.1 Å². The van der Waals surface area contributed by atoms with Crippen molar-refractivity contribution in [2.75, 3.05) is 20.2 Å². The Kier molecular flexibility index (Phi) is 9.63. The number of hydrogen-bond acceptors (Lipinski definition) is 9. The highest BCUT2D eigenvalue weighted by molar-refractivity contribution is 6.06. The van der Waals surface area contributed by atoms with Crippen molar-refractivity contribution in [1.29, 1.82) is 0 Å². The number of ether oxygens (including phenoxy) is 1. The monoisotopic (exact) mass is 761 g/mol. The zero-order valence-electron chi connectivity index (χ0n) is 32.4. The van der Waals surface area contributed by atoms with Crippen molar-refractivity contribution < 1.29 is 28.3 Å². The van der Waals surface area contributed by atoms with Gasteiger partial charge >= 0.3 is 6.09 Å². The standard InChI is InChI=1S/C41H47N9O6/c1-20(2)31(42-22(5)51)39(52)49-17-8-10-30(49)37-44-27-15-16-28-35(34(27)47-37)56-38(45-28)24-11-13-25-23(19-24)12-14-26-33(25)46-36(43-26)29-9-7-18-50(29)40(53)32(21(3)4)48-41(54)55-6/h11-16,19-21,29-32H,7-10,17-18H2,1-6H3,(H,42,51)(H,43,46)(H,44,47)(H,48,54)/t29-,30-,31-,32-/m0/s1. The Morgan fingerprint density at radius 3 is 1.95 bits per heavy atom. The van der Waals surface area contributed by atoms with Gasteiger partial charge in [-0.05, 0) is 73.2 Å². The van der Waals surface area contributed by atoms with Gasteiger partial charge in [0.05, 0.1) is 35.7 Å². The lowest BCUT2D eigenvalue weighted by Gasteiger charge is -2.30. The molecule has 56 heavy (non-hydrogen) atoms. The molecule has 3 aromatic heterocycles.